The normalized spacial score (nSPS) is 11.9. The number of nitrogens with two attached hydrogens (primary N) is 1. The van der Waals surface area contributed by atoms with Crippen LogP contribution in [0.15, 0.2) is 103 Å². The Kier molecular flexibility index (Phi) is 6.57. The third-order valence-electron chi connectivity index (χ3n) is 5.94. The molecule has 0 radical (unpaired) electrons. The van der Waals surface area contributed by atoms with Crippen LogP contribution in [0.3, 0.4) is 0 Å². The maximum Gasteiger partial charge on any atom is 0.249 e. The van der Waals surface area contributed by atoms with Gasteiger partial charge in [-0.2, -0.15) is 0 Å². The molecule has 5 rings (SSSR count). The third kappa shape index (κ3) is 5.44. The van der Waals surface area contributed by atoms with E-state index in [2.05, 4.69) is 14.7 Å². The van der Waals surface area contributed by atoms with E-state index in [0.717, 1.165) is 11.1 Å². The number of aromatic nitrogens is 2. The highest BCUT2D eigenvalue weighted by Crippen LogP contribution is 2.30. The van der Waals surface area contributed by atoms with Gasteiger partial charge in [0.1, 0.15) is 5.65 Å². The molecule has 0 aliphatic carbocycles. The molecule has 2 heterocycles. The molecule has 0 unspecified atom stereocenters. The van der Waals surface area contributed by atoms with Gasteiger partial charge >= 0.3 is 0 Å². The topological polar surface area (TPSA) is 118 Å². The van der Waals surface area contributed by atoms with Crippen molar-refractivity contribution in [2.45, 2.75) is 5.75 Å². The molecule has 0 saturated heterocycles. The molecule has 1 amide bonds. The molecule has 7 nitrogen and oxygen atoms in total. The molecular weight excluding hydrogens is 484 g/mol. The van der Waals surface area contributed by atoms with E-state index in [1.54, 1.807) is 30.5 Å². The lowest BCUT2D eigenvalue weighted by molar-refractivity contribution is -0.112. The number of benzene rings is 3. The Morgan fingerprint density at radius 1 is 0.892 bits per heavy atom. The quantitative estimate of drug-likeness (QED) is 0.250. The smallest absolute Gasteiger partial charge is 0.249 e. The van der Waals surface area contributed by atoms with Crippen molar-refractivity contribution in [2.75, 3.05) is 4.72 Å². The first-order chi connectivity index (χ1) is 17.9. The van der Waals surface area contributed by atoms with Gasteiger partial charge < -0.3 is 10.7 Å². The lowest BCUT2D eigenvalue weighted by Crippen LogP contribution is -2.15. The van der Waals surface area contributed by atoms with Crippen molar-refractivity contribution in [2.24, 2.45) is 5.73 Å². The number of aromatic amines is 1. The van der Waals surface area contributed by atoms with Crippen LogP contribution in [0.25, 0.3) is 33.8 Å². The van der Waals surface area contributed by atoms with Gasteiger partial charge in [0.15, 0.2) is 0 Å². The van der Waals surface area contributed by atoms with E-state index in [1.807, 2.05) is 72.8 Å². The number of carbonyl (C=O) groups excluding carboxylic acids is 1. The third-order valence-corrected chi connectivity index (χ3v) is 7.18. The van der Waals surface area contributed by atoms with Crippen LogP contribution >= 0.6 is 0 Å². The number of sulfonamides is 1. The molecule has 0 aliphatic rings. The van der Waals surface area contributed by atoms with Crippen LogP contribution in [0.2, 0.25) is 0 Å². The van der Waals surface area contributed by atoms with Gasteiger partial charge in [0, 0.05) is 23.5 Å². The van der Waals surface area contributed by atoms with Gasteiger partial charge in [-0.15, -0.1) is 0 Å². The molecule has 2 aromatic heterocycles. The van der Waals surface area contributed by atoms with Gasteiger partial charge in [0.2, 0.25) is 15.9 Å². The molecule has 0 aliphatic heterocycles. The predicted molar refractivity (Wildman–Crippen MR) is 148 cm³/mol. The van der Waals surface area contributed by atoms with Gasteiger partial charge in [-0.05, 0) is 34.4 Å². The fourth-order valence-electron chi connectivity index (χ4n) is 4.20. The Morgan fingerprint density at radius 3 is 2.22 bits per heavy atom. The molecule has 5 aromatic rings. The van der Waals surface area contributed by atoms with Gasteiger partial charge in [0.05, 0.1) is 16.8 Å². The van der Waals surface area contributed by atoms with Crippen LogP contribution in [0.4, 0.5) is 5.69 Å². The summed E-state index contributed by atoms with van der Waals surface area (Å²) in [5.74, 6) is -0.789. The second kappa shape index (κ2) is 10.1. The molecule has 0 atom stereocenters. The Labute approximate surface area is 214 Å². The molecule has 0 bridgehead atoms. The maximum atomic E-state index is 13.1. The maximum absolute atomic E-state index is 13.1. The number of pyridine rings is 1. The van der Waals surface area contributed by atoms with Gasteiger partial charge in [-0.25, -0.2) is 13.4 Å². The van der Waals surface area contributed by atoms with Crippen LogP contribution in [-0.2, 0) is 20.6 Å². The number of hydrogen-bond donors (Lipinski definition) is 3. The number of rotatable bonds is 8. The number of fused-ring (bicyclic) bond motifs is 1. The second-order valence-corrected chi connectivity index (χ2v) is 10.3. The van der Waals surface area contributed by atoms with E-state index in [0.29, 0.717) is 39.0 Å². The largest absolute Gasteiger partial charge is 0.366 e. The fraction of sp³-hybridized carbons (Fsp3) is 0.0345. The van der Waals surface area contributed by atoms with Crippen LogP contribution < -0.4 is 10.5 Å². The summed E-state index contributed by atoms with van der Waals surface area (Å²) < 4.78 is 28.9. The molecular formula is C29H24N4O3S. The zero-order valence-corrected chi connectivity index (χ0v) is 20.6. The first-order valence-corrected chi connectivity index (χ1v) is 13.2. The number of nitrogens with one attached hydrogen (secondary N) is 2. The number of amides is 1. The minimum absolute atomic E-state index is 0.196. The van der Waals surface area contributed by atoms with Crippen molar-refractivity contribution in [1.29, 1.82) is 0 Å². The first kappa shape index (κ1) is 24.0. The fourth-order valence-corrected chi connectivity index (χ4v) is 5.41. The summed E-state index contributed by atoms with van der Waals surface area (Å²) in [5.41, 5.74) is 10.8. The van der Waals surface area contributed by atoms with E-state index in [9.17, 15) is 13.2 Å². The second-order valence-electron chi connectivity index (χ2n) is 8.54. The molecule has 4 N–H and O–H groups in total. The van der Waals surface area contributed by atoms with Crippen molar-refractivity contribution in [1.82, 2.24) is 9.97 Å². The zero-order chi connectivity index (χ0) is 25.8. The van der Waals surface area contributed by atoms with Gasteiger partial charge in [-0.3, -0.25) is 9.52 Å². The molecule has 0 spiro atoms. The van der Waals surface area contributed by atoms with E-state index < -0.39 is 15.9 Å². The standard InChI is InChI=1S/C29H24N4O3S/c30-28(34)25(23-9-5-2-6-10-23)17-24-18-32-29-27(24)26(15-16-31-29)33-37(35,36)19-20-11-13-22(14-12-20)21-7-3-1-4-8-21/h1-18H,19H2,(H2,30,34)(H2,31,32,33)/b25-17+. The SMILES string of the molecule is NC(=O)/C(=C/c1c[nH]c2nccc(NS(=O)(=O)Cc3ccc(-c4ccccc4)cc3)c12)c1ccccc1. The number of H-pyrrole nitrogens is 1. The van der Waals surface area contributed by atoms with Crippen molar-refractivity contribution >= 4 is 44.3 Å². The molecule has 184 valence electrons. The zero-order valence-electron chi connectivity index (χ0n) is 19.8. The Morgan fingerprint density at radius 2 is 1.54 bits per heavy atom. The number of anilines is 1. The Bertz CT molecular complexity index is 1690. The van der Waals surface area contributed by atoms with Crippen LogP contribution in [0.1, 0.15) is 16.7 Å². The summed E-state index contributed by atoms with van der Waals surface area (Å²) in [6.07, 6.45) is 4.83. The Hall–Kier alpha value is -4.69. The number of hydrogen-bond acceptors (Lipinski definition) is 4. The monoisotopic (exact) mass is 508 g/mol. The summed E-state index contributed by atoms with van der Waals surface area (Å²) in [6.45, 7) is 0. The minimum atomic E-state index is -3.75. The van der Waals surface area contributed by atoms with Crippen molar-refractivity contribution in [3.8, 4) is 11.1 Å². The lowest BCUT2D eigenvalue weighted by Gasteiger charge is -2.11. The van der Waals surface area contributed by atoms with E-state index in [1.165, 1.54) is 6.20 Å². The van der Waals surface area contributed by atoms with Crippen LogP contribution in [0, 0.1) is 0 Å². The van der Waals surface area contributed by atoms with Crippen LogP contribution in [0.5, 0.6) is 0 Å². The number of primary amides is 1. The molecule has 0 saturated carbocycles. The summed E-state index contributed by atoms with van der Waals surface area (Å²) >= 11 is 0. The average Bonchev–Trinajstić information content (AvgIpc) is 3.32. The van der Waals surface area contributed by atoms with E-state index in [-0.39, 0.29) is 5.75 Å². The van der Waals surface area contributed by atoms with Crippen LogP contribution in [-0.4, -0.2) is 24.3 Å². The Balaban J connectivity index is 1.44. The van der Waals surface area contributed by atoms with Gasteiger partial charge in [0.25, 0.3) is 0 Å². The summed E-state index contributed by atoms with van der Waals surface area (Å²) in [6, 6.07) is 28.0. The van der Waals surface area contributed by atoms with Gasteiger partial charge in [-0.1, -0.05) is 84.9 Å². The lowest BCUT2D eigenvalue weighted by atomic mass is 10.0. The van der Waals surface area contributed by atoms with Crippen molar-refractivity contribution < 1.29 is 13.2 Å². The number of nitrogens with zero attached hydrogens (tertiary/aromatic N) is 1. The average molecular weight is 509 g/mol. The van der Waals surface area contributed by atoms with Crippen molar-refractivity contribution in [3.63, 3.8) is 0 Å². The number of carbonyl (C=O) groups is 1. The highest BCUT2D eigenvalue weighted by Gasteiger charge is 2.17. The molecule has 3 aromatic carbocycles. The van der Waals surface area contributed by atoms with Crippen molar-refractivity contribution in [3.05, 3.63) is 120 Å². The molecule has 37 heavy (non-hydrogen) atoms. The summed E-state index contributed by atoms with van der Waals surface area (Å²) in [7, 11) is -3.75. The first-order valence-electron chi connectivity index (χ1n) is 11.6. The van der Waals surface area contributed by atoms with E-state index in [4.69, 9.17) is 5.73 Å². The predicted octanol–water partition coefficient (Wildman–Crippen LogP) is 5.20. The highest BCUT2D eigenvalue weighted by molar-refractivity contribution is 7.91. The summed E-state index contributed by atoms with van der Waals surface area (Å²) in [5, 5.41) is 0.542. The highest BCUT2D eigenvalue weighted by atomic mass is 32.2. The summed E-state index contributed by atoms with van der Waals surface area (Å²) in [4.78, 5) is 19.6. The minimum Gasteiger partial charge on any atom is -0.366 e. The molecule has 8 heteroatoms. The molecule has 0 fully saturated rings. The van der Waals surface area contributed by atoms with E-state index >= 15 is 0 Å².